The highest BCUT2D eigenvalue weighted by molar-refractivity contribution is 8.39. The largest absolute Gasteiger partial charge is 0.466 e. The van der Waals surface area contributed by atoms with Gasteiger partial charge in [0, 0.05) is 5.75 Å². The Morgan fingerprint density at radius 3 is 2.87 bits per heavy atom. The Labute approximate surface area is 147 Å². The second-order valence-corrected chi connectivity index (χ2v) is 8.08. The first-order valence-electron chi connectivity index (χ1n) is 7.25. The van der Waals surface area contributed by atoms with Gasteiger partial charge in [-0.15, -0.1) is 10.2 Å². The molecule has 126 valence electrons. The van der Waals surface area contributed by atoms with E-state index in [-0.39, 0.29) is 23.5 Å². The number of hydrogen-bond donors (Lipinski definition) is 1. The number of esters is 1. The molecule has 7 nitrogen and oxygen atoms in total. The highest BCUT2D eigenvalue weighted by Gasteiger charge is 2.23. The number of carbonyl (C=O) groups excluding carboxylic acids is 2. The molecule has 2 rings (SSSR count). The molecule has 0 fully saturated rings. The summed E-state index contributed by atoms with van der Waals surface area (Å²) >= 11 is 4.35. The Hall–Kier alpha value is -1.13. The third-order valence-electron chi connectivity index (χ3n) is 2.76. The predicted octanol–water partition coefficient (Wildman–Crippen LogP) is 2.20. The van der Waals surface area contributed by atoms with E-state index in [1.54, 1.807) is 18.7 Å². The Morgan fingerprint density at radius 1 is 1.39 bits per heavy atom. The molecule has 0 saturated carbocycles. The molecule has 2 heterocycles. The molecule has 1 aromatic heterocycles. The van der Waals surface area contributed by atoms with Crippen molar-refractivity contribution in [2.75, 3.05) is 24.2 Å². The van der Waals surface area contributed by atoms with Gasteiger partial charge in [-0.05, 0) is 13.3 Å². The zero-order chi connectivity index (χ0) is 16.7. The summed E-state index contributed by atoms with van der Waals surface area (Å²) < 4.78 is 5.82. The number of hydrogen-bond acceptors (Lipinski definition) is 9. The highest BCUT2D eigenvalue weighted by atomic mass is 32.2. The number of aliphatic imine (C=N–C) groups is 1. The van der Waals surface area contributed by atoms with E-state index in [1.165, 1.54) is 23.1 Å². The Kier molecular flexibility index (Phi) is 7.31. The fourth-order valence-corrected chi connectivity index (χ4v) is 4.61. The molecular formula is C13H18N4O3S3. The maximum Gasteiger partial charge on any atom is 0.312 e. The third-order valence-corrected chi connectivity index (χ3v) is 6.17. The molecular weight excluding hydrogens is 356 g/mol. The number of anilines is 1. The molecule has 0 aromatic carbocycles. The molecule has 1 aromatic rings. The Balaban J connectivity index is 1.88. The van der Waals surface area contributed by atoms with Crippen molar-refractivity contribution in [1.29, 1.82) is 0 Å². The number of rotatable bonds is 7. The minimum Gasteiger partial charge on any atom is -0.466 e. The van der Waals surface area contributed by atoms with Crippen molar-refractivity contribution >= 4 is 56.2 Å². The molecule has 1 atom stereocenters. The standard InChI is InChI=1S/C13H18N4O3S3/c1-3-8(22-13-14-5-6-21-13)11(19)15-12-17-16-9(23-12)7-10(18)20-4-2/h8H,3-7H2,1-2H3,(H,15,17,19). The van der Waals surface area contributed by atoms with E-state index in [4.69, 9.17) is 4.74 Å². The molecule has 1 aliphatic rings. The molecule has 0 saturated heterocycles. The summed E-state index contributed by atoms with van der Waals surface area (Å²) in [5.74, 6) is 0.514. The zero-order valence-electron chi connectivity index (χ0n) is 12.9. The molecule has 0 bridgehead atoms. The topological polar surface area (TPSA) is 93.5 Å². The predicted molar refractivity (Wildman–Crippen MR) is 95.3 cm³/mol. The van der Waals surface area contributed by atoms with Crippen LogP contribution < -0.4 is 5.32 Å². The van der Waals surface area contributed by atoms with Gasteiger partial charge in [0.2, 0.25) is 11.0 Å². The van der Waals surface area contributed by atoms with E-state index < -0.39 is 0 Å². The van der Waals surface area contributed by atoms with Crippen LogP contribution in [0.1, 0.15) is 25.3 Å². The van der Waals surface area contributed by atoms with E-state index in [9.17, 15) is 9.59 Å². The van der Waals surface area contributed by atoms with Crippen molar-refractivity contribution in [1.82, 2.24) is 10.2 Å². The molecule has 10 heteroatoms. The second kappa shape index (κ2) is 9.24. The SMILES string of the molecule is CCOC(=O)Cc1nnc(NC(=O)C(CC)SC2=NCCS2)s1. The van der Waals surface area contributed by atoms with E-state index in [0.717, 1.165) is 16.7 Å². The van der Waals surface area contributed by atoms with Crippen molar-refractivity contribution in [3.05, 3.63) is 5.01 Å². The van der Waals surface area contributed by atoms with Crippen LogP contribution in [-0.4, -0.2) is 50.6 Å². The van der Waals surface area contributed by atoms with Crippen LogP contribution in [0.4, 0.5) is 5.13 Å². The summed E-state index contributed by atoms with van der Waals surface area (Å²) in [7, 11) is 0. The lowest BCUT2D eigenvalue weighted by atomic mass is 10.3. The number of aromatic nitrogens is 2. The van der Waals surface area contributed by atoms with Gasteiger partial charge in [0.1, 0.15) is 9.38 Å². The first-order valence-corrected chi connectivity index (χ1v) is 9.93. The van der Waals surface area contributed by atoms with Crippen molar-refractivity contribution in [2.24, 2.45) is 4.99 Å². The van der Waals surface area contributed by atoms with Crippen LogP contribution in [0.25, 0.3) is 0 Å². The van der Waals surface area contributed by atoms with Gasteiger partial charge in [-0.3, -0.25) is 19.9 Å². The number of thioether (sulfide) groups is 2. The fraction of sp³-hybridized carbons (Fsp3) is 0.615. The van der Waals surface area contributed by atoms with E-state index in [0.29, 0.717) is 23.2 Å². The van der Waals surface area contributed by atoms with Crippen molar-refractivity contribution in [2.45, 2.75) is 31.9 Å². The first kappa shape index (κ1) is 18.2. The average molecular weight is 375 g/mol. The first-order chi connectivity index (χ1) is 11.1. The number of amides is 1. The van der Waals surface area contributed by atoms with Gasteiger partial charge in [0.25, 0.3) is 0 Å². The highest BCUT2D eigenvalue weighted by Crippen LogP contribution is 2.28. The van der Waals surface area contributed by atoms with Gasteiger partial charge in [-0.25, -0.2) is 0 Å². The Morgan fingerprint density at radius 2 is 2.22 bits per heavy atom. The maximum atomic E-state index is 12.3. The summed E-state index contributed by atoms with van der Waals surface area (Å²) in [5.41, 5.74) is 0. The average Bonchev–Trinajstić information content (AvgIpc) is 3.17. The molecule has 23 heavy (non-hydrogen) atoms. The number of ether oxygens (including phenoxy) is 1. The number of nitrogens with one attached hydrogen (secondary N) is 1. The van der Waals surface area contributed by atoms with E-state index in [2.05, 4.69) is 20.5 Å². The summed E-state index contributed by atoms with van der Waals surface area (Å²) in [6.45, 7) is 4.86. The number of carbonyl (C=O) groups is 2. The summed E-state index contributed by atoms with van der Waals surface area (Å²) in [6, 6.07) is 0. The zero-order valence-corrected chi connectivity index (χ0v) is 15.4. The van der Waals surface area contributed by atoms with Crippen LogP contribution >= 0.6 is 34.9 Å². The lowest BCUT2D eigenvalue weighted by Crippen LogP contribution is -2.25. The summed E-state index contributed by atoms with van der Waals surface area (Å²) in [6.07, 6.45) is 0.769. The minimum absolute atomic E-state index is 0.0702. The van der Waals surface area contributed by atoms with Crippen LogP contribution in [0.3, 0.4) is 0 Å². The molecule has 1 unspecified atom stereocenters. The number of nitrogens with zero attached hydrogens (tertiary/aromatic N) is 3. The van der Waals surface area contributed by atoms with Gasteiger partial charge < -0.3 is 4.74 Å². The fourth-order valence-electron chi connectivity index (χ4n) is 1.73. The smallest absolute Gasteiger partial charge is 0.312 e. The third kappa shape index (κ3) is 5.78. The van der Waals surface area contributed by atoms with Crippen molar-refractivity contribution < 1.29 is 14.3 Å². The van der Waals surface area contributed by atoms with Crippen molar-refractivity contribution in [3.8, 4) is 0 Å². The van der Waals surface area contributed by atoms with E-state index in [1.807, 2.05) is 6.92 Å². The van der Waals surface area contributed by atoms with Crippen LogP contribution in [0.5, 0.6) is 0 Å². The van der Waals surface area contributed by atoms with Gasteiger partial charge in [0.05, 0.1) is 24.8 Å². The molecule has 0 spiro atoms. The monoisotopic (exact) mass is 374 g/mol. The quantitative estimate of drug-likeness (QED) is 0.731. The van der Waals surface area contributed by atoms with E-state index >= 15 is 0 Å². The lowest BCUT2D eigenvalue weighted by molar-refractivity contribution is -0.142. The van der Waals surface area contributed by atoms with Crippen molar-refractivity contribution in [3.63, 3.8) is 0 Å². The maximum absolute atomic E-state index is 12.3. The summed E-state index contributed by atoms with van der Waals surface area (Å²) in [4.78, 5) is 28.1. The van der Waals surface area contributed by atoms with Crippen LogP contribution in [0, 0.1) is 0 Å². The van der Waals surface area contributed by atoms with Gasteiger partial charge in [-0.1, -0.05) is 41.8 Å². The van der Waals surface area contributed by atoms with Gasteiger partial charge >= 0.3 is 5.97 Å². The molecule has 1 aliphatic heterocycles. The summed E-state index contributed by atoms with van der Waals surface area (Å²) in [5, 5.41) is 11.3. The van der Waals surface area contributed by atoms with Crippen LogP contribution in [0.2, 0.25) is 0 Å². The second-order valence-electron chi connectivity index (χ2n) is 4.48. The molecule has 1 N–H and O–H groups in total. The van der Waals surface area contributed by atoms with Gasteiger partial charge in [-0.2, -0.15) is 0 Å². The van der Waals surface area contributed by atoms with Crippen LogP contribution in [-0.2, 0) is 20.7 Å². The minimum atomic E-state index is -0.347. The molecule has 0 radical (unpaired) electrons. The molecule has 0 aliphatic carbocycles. The van der Waals surface area contributed by atoms with Gasteiger partial charge in [0.15, 0.2) is 0 Å². The van der Waals surface area contributed by atoms with Crippen LogP contribution in [0.15, 0.2) is 4.99 Å². The normalized spacial score (nSPS) is 15.1. The molecule has 1 amide bonds. The Bertz CT molecular complexity index is 591. The lowest BCUT2D eigenvalue weighted by Gasteiger charge is -2.12.